The Balaban J connectivity index is 2.74. The van der Waals surface area contributed by atoms with E-state index >= 15 is 0 Å². The number of nitrogens with one attached hydrogen (secondary N) is 1. The maximum atomic E-state index is 11.1. The summed E-state index contributed by atoms with van der Waals surface area (Å²) in [4.78, 5) is 11.1. The van der Waals surface area contributed by atoms with E-state index < -0.39 is 12.0 Å². The van der Waals surface area contributed by atoms with Crippen LogP contribution in [0, 0.1) is 0 Å². The van der Waals surface area contributed by atoms with Gasteiger partial charge in [0.05, 0.1) is 14.2 Å². The van der Waals surface area contributed by atoms with Crippen LogP contribution in [-0.4, -0.2) is 44.0 Å². The number of ether oxygens (including phenoxy) is 3. The summed E-state index contributed by atoms with van der Waals surface area (Å²) in [6.07, 6.45) is 0. The predicted molar refractivity (Wildman–Crippen MR) is 74.7 cm³/mol. The maximum absolute atomic E-state index is 11.1. The van der Waals surface area contributed by atoms with Gasteiger partial charge in [-0.2, -0.15) is 0 Å². The lowest BCUT2D eigenvalue weighted by molar-refractivity contribution is -0.140. The molecule has 6 heteroatoms. The van der Waals surface area contributed by atoms with Crippen LogP contribution in [0.2, 0.25) is 0 Å². The number of carboxylic acids is 1. The Morgan fingerprint density at radius 3 is 2.05 bits per heavy atom. The average Bonchev–Trinajstić information content (AvgIpc) is 2.42. The maximum Gasteiger partial charge on any atom is 0.324 e. The Morgan fingerprint density at radius 1 is 1.15 bits per heavy atom. The van der Waals surface area contributed by atoms with Crippen molar-refractivity contribution in [3.63, 3.8) is 0 Å². The fourth-order valence-electron chi connectivity index (χ4n) is 1.64. The third-order valence-corrected chi connectivity index (χ3v) is 2.57. The van der Waals surface area contributed by atoms with Crippen LogP contribution in [0.4, 0.5) is 0 Å². The number of aliphatic carboxylic acids is 1. The van der Waals surface area contributed by atoms with Crippen molar-refractivity contribution in [1.82, 2.24) is 5.32 Å². The fraction of sp³-hybridized carbons (Fsp3) is 0.500. The molecule has 0 saturated carbocycles. The summed E-state index contributed by atoms with van der Waals surface area (Å²) >= 11 is 0. The zero-order valence-electron chi connectivity index (χ0n) is 12.2. The van der Waals surface area contributed by atoms with Crippen LogP contribution in [-0.2, 0) is 4.79 Å². The topological polar surface area (TPSA) is 77.0 Å². The Morgan fingerprint density at radius 2 is 1.65 bits per heavy atom. The minimum Gasteiger partial charge on any atom is -0.496 e. The van der Waals surface area contributed by atoms with Crippen molar-refractivity contribution in [2.24, 2.45) is 0 Å². The standard InChI is InChI=1S/C14H21NO5/c1-9(2)15-13(14(16)17)8-20-12-6-10(18-3)5-11(7-12)19-4/h5-7,9,13,15H,8H2,1-4H3,(H,16,17). The van der Waals surface area contributed by atoms with Gasteiger partial charge in [-0.1, -0.05) is 13.8 Å². The highest BCUT2D eigenvalue weighted by Gasteiger charge is 2.19. The number of carboxylic acid groups (broad SMARTS) is 1. The second-order valence-electron chi connectivity index (χ2n) is 4.57. The van der Waals surface area contributed by atoms with Crippen LogP contribution in [0.1, 0.15) is 13.8 Å². The third-order valence-electron chi connectivity index (χ3n) is 2.57. The SMILES string of the molecule is COc1cc(OC)cc(OCC(NC(C)C)C(=O)O)c1. The van der Waals surface area contributed by atoms with Crippen molar-refractivity contribution in [3.8, 4) is 17.2 Å². The van der Waals surface area contributed by atoms with Crippen molar-refractivity contribution in [2.75, 3.05) is 20.8 Å². The Bertz CT molecular complexity index is 425. The zero-order valence-corrected chi connectivity index (χ0v) is 12.2. The van der Waals surface area contributed by atoms with Crippen LogP contribution in [0.5, 0.6) is 17.2 Å². The highest BCUT2D eigenvalue weighted by molar-refractivity contribution is 5.73. The second-order valence-corrected chi connectivity index (χ2v) is 4.57. The van der Waals surface area contributed by atoms with E-state index in [2.05, 4.69) is 5.32 Å². The highest BCUT2D eigenvalue weighted by atomic mass is 16.5. The molecule has 0 saturated heterocycles. The van der Waals surface area contributed by atoms with E-state index in [1.54, 1.807) is 32.4 Å². The molecule has 0 heterocycles. The van der Waals surface area contributed by atoms with E-state index in [0.717, 1.165) is 0 Å². The zero-order chi connectivity index (χ0) is 15.1. The Labute approximate surface area is 118 Å². The smallest absolute Gasteiger partial charge is 0.324 e. The summed E-state index contributed by atoms with van der Waals surface area (Å²) < 4.78 is 15.8. The molecule has 0 bridgehead atoms. The summed E-state index contributed by atoms with van der Waals surface area (Å²) in [6, 6.07) is 4.35. The molecule has 0 aliphatic heterocycles. The lowest BCUT2D eigenvalue weighted by atomic mass is 10.2. The molecule has 0 aromatic heterocycles. The first-order chi connectivity index (χ1) is 9.46. The molecule has 0 radical (unpaired) electrons. The number of rotatable bonds is 8. The van der Waals surface area contributed by atoms with Crippen LogP contribution in [0.25, 0.3) is 0 Å². The van der Waals surface area contributed by atoms with Crippen LogP contribution < -0.4 is 19.5 Å². The highest BCUT2D eigenvalue weighted by Crippen LogP contribution is 2.27. The second kappa shape index (κ2) is 7.59. The van der Waals surface area contributed by atoms with Crippen molar-refractivity contribution >= 4 is 5.97 Å². The quantitative estimate of drug-likeness (QED) is 0.753. The summed E-state index contributed by atoms with van der Waals surface area (Å²) in [6.45, 7) is 3.78. The van der Waals surface area contributed by atoms with Crippen LogP contribution >= 0.6 is 0 Å². The van der Waals surface area contributed by atoms with E-state index in [-0.39, 0.29) is 12.6 Å². The van der Waals surface area contributed by atoms with Gasteiger partial charge < -0.3 is 19.3 Å². The van der Waals surface area contributed by atoms with Gasteiger partial charge in [0, 0.05) is 24.2 Å². The number of hydrogen-bond donors (Lipinski definition) is 2. The summed E-state index contributed by atoms with van der Waals surface area (Å²) in [5.41, 5.74) is 0. The molecule has 1 atom stereocenters. The number of methoxy groups -OCH3 is 2. The minimum atomic E-state index is -0.950. The monoisotopic (exact) mass is 283 g/mol. The molecule has 1 aromatic carbocycles. The molecular formula is C14H21NO5. The molecule has 1 unspecified atom stereocenters. The van der Waals surface area contributed by atoms with E-state index in [0.29, 0.717) is 17.2 Å². The molecule has 0 aliphatic carbocycles. The molecule has 6 nitrogen and oxygen atoms in total. The van der Waals surface area contributed by atoms with E-state index in [1.807, 2.05) is 13.8 Å². The van der Waals surface area contributed by atoms with Crippen LogP contribution in [0.3, 0.4) is 0 Å². The summed E-state index contributed by atoms with van der Waals surface area (Å²) in [5, 5.41) is 12.0. The first kappa shape index (κ1) is 16.1. The van der Waals surface area contributed by atoms with Crippen molar-refractivity contribution in [2.45, 2.75) is 25.9 Å². The molecule has 0 amide bonds. The van der Waals surface area contributed by atoms with Gasteiger partial charge in [-0.15, -0.1) is 0 Å². The molecule has 2 N–H and O–H groups in total. The summed E-state index contributed by atoms with van der Waals surface area (Å²) in [7, 11) is 3.08. The van der Waals surface area contributed by atoms with Gasteiger partial charge in [-0.3, -0.25) is 10.1 Å². The van der Waals surface area contributed by atoms with Gasteiger partial charge in [-0.05, 0) is 0 Å². The lowest BCUT2D eigenvalue weighted by Gasteiger charge is -2.18. The predicted octanol–water partition coefficient (Wildman–Crippen LogP) is 1.53. The third kappa shape index (κ3) is 4.97. The molecule has 112 valence electrons. The minimum absolute atomic E-state index is 0.0177. The van der Waals surface area contributed by atoms with Gasteiger partial charge in [0.2, 0.25) is 0 Å². The van der Waals surface area contributed by atoms with E-state index in [1.165, 1.54) is 0 Å². The van der Waals surface area contributed by atoms with E-state index in [9.17, 15) is 4.79 Å². The molecule has 0 fully saturated rings. The lowest BCUT2D eigenvalue weighted by Crippen LogP contribution is -2.44. The van der Waals surface area contributed by atoms with Crippen molar-refractivity contribution < 1.29 is 24.1 Å². The molecular weight excluding hydrogens is 262 g/mol. The fourth-order valence-corrected chi connectivity index (χ4v) is 1.64. The van der Waals surface area contributed by atoms with Crippen molar-refractivity contribution in [3.05, 3.63) is 18.2 Å². The Hall–Kier alpha value is -1.95. The average molecular weight is 283 g/mol. The Kier molecular flexibility index (Phi) is 6.11. The van der Waals surface area contributed by atoms with Gasteiger partial charge >= 0.3 is 5.97 Å². The summed E-state index contributed by atoms with van der Waals surface area (Å²) in [5.74, 6) is 0.720. The molecule has 1 rings (SSSR count). The van der Waals surface area contributed by atoms with Gasteiger partial charge in [0.1, 0.15) is 29.9 Å². The molecule has 1 aromatic rings. The van der Waals surface area contributed by atoms with Gasteiger partial charge in [0.15, 0.2) is 0 Å². The first-order valence-electron chi connectivity index (χ1n) is 6.31. The van der Waals surface area contributed by atoms with Crippen molar-refractivity contribution in [1.29, 1.82) is 0 Å². The molecule has 0 aliphatic rings. The first-order valence-corrected chi connectivity index (χ1v) is 6.31. The number of carbonyl (C=O) groups is 1. The van der Waals surface area contributed by atoms with Gasteiger partial charge in [-0.25, -0.2) is 0 Å². The number of benzene rings is 1. The molecule has 0 spiro atoms. The largest absolute Gasteiger partial charge is 0.496 e. The van der Waals surface area contributed by atoms with E-state index in [4.69, 9.17) is 19.3 Å². The number of hydrogen-bond acceptors (Lipinski definition) is 5. The molecule has 20 heavy (non-hydrogen) atoms. The van der Waals surface area contributed by atoms with Crippen LogP contribution in [0.15, 0.2) is 18.2 Å². The normalized spacial score (nSPS) is 12.1. The van der Waals surface area contributed by atoms with Gasteiger partial charge in [0.25, 0.3) is 0 Å².